The van der Waals surface area contributed by atoms with Crippen molar-refractivity contribution in [3.8, 4) is 5.75 Å². The number of nitrogens with one attached hydrogen (secondary N) is 1. The summed E-state index contributed by atoms with van der Waals surface area (Å²) in [5.41, 5.74) is 3.45. The summed E-state index contributed by atoms with van der Waals surface area (Å²) in [7, 11) is 1.87. The fourth-order valence-electron chi connectivity index (χ4n) is 2.45. The second-order valence-corrected chi connectivity index (χ2v) is 5.04. The molecule has 1 aromatic heterocycles. The topological polar surface area (TPSA) is 52.0 Å². The van der Waals surface area contributed by atoms with Crippen LogP contribution in [0.5, 0.6) is 5.75 Å². The number of fused-ring (bicyclic) bond motifs is 1. The van der Waals surface area contributed by atoms with Crippen LogP contribution in [0.2, 0.25) is 0 Å². The summed E-state index contributed by atoms with van der Waals surface area (Å²) in [6.07, 6.45) is 2.92. The molecule has 0 radical (unpaired) electrons. The van der Waals surface area contributed by atoms with Gasteiger partial charge in [-0.25, -0.2) is 0 Å². The first-order chi connectivity index (χ1) is 9.22. The molecule has 5 heteroatoms. The van der Waals surface area contributed by atoms with Crippen LogP contribution >= 0.6 is 0 Å². The third-order valence-electron chi connectivity index (χ3n) is 3.41. The van der Waals surface area contributed by atoms with Crippen molar-refractivity contribution in [1.82, 2.24) is 20.3 Å². The maximum atomic E-state index is 5.86. The molecule has 0 saturated heterocycles. The lowest BCUT2D eigenvalue weighted by atomic mass is 10.00. The van der Waals surface area contributed by atoms with E-state index in [-0.39, 0.29) is 0 Å². The molecule has 1 atom stereocenters. The molecule has 0 bridgehead atoms. The van der Waals surface area contributed by atoms with Gasteiger partial charge in [0.25, 0.3) is 0 Å². The average molecular weight is 258 g/mol. The Hall–Kier alpha value is -1.88. The van der Waals surface area contributed by atoms with Crippen molar-refractivity contribution in [1.29, 1.82) is 0 Å². The van der Waals surface area contributed by atoms with Crippen LogP contribution in [0.25, 0.3) is 0 Å². The molecule has 0 fully saturated rings. The van der Waals surface area contributed by atoms with Crippen LogP contribution in [0.4, 0.5) is 0 Å². The molecular formula is C14H18N4O. The number of nitrogens with zero attached hydrogens (tertiary/aromatic N) is 3. The average Bonchev–Trinajstić information content (AvgIpc) is 2.82. The zero-order chi connectivity index (χ0) is 13.2. The molecule has 100 valence electrons. The quantitative estimate of drug-likeness (QED) is 0.899. The number of benzene rings is 1. The molecule has 1 aromatic carbocycles. The van der Waals surface area contributed by atoms with Crippen molar-refractivity contribution in [3.05, 3.63) is 41.2 Å². The molecule has 0 spiro atoms. The van der Waals surface area contributed by atoms with Crippen LogP contribution in [0.15, 0.2) is 24.4 Å². The van der Waals surface area contributed by atoms with E-state index in [0.717, 1.165) is 24.4 Å². The predicted molar refractivity (Wildman–Crippen MR) is 72.0 cm³/mol. The highest BCUT2D eigenvalue weighted by Crippen LogP contribution is 2.28. The van der Waals surface area contributed by atoms with Crippen molar-refractivity contribution >= 4 is 0 Å². The first-order valence-corrected chi connectivity index (χ1v) is 6.52. The van der Waals surface area contributed by atoms with Gasteiger partial charge in [-0.2, -0.15) is 0 Å². The smallest absolute Gasteiger partial charge is 0.125 e. The summed E-state index contributed by atoms with van der Waals surface area (Å²) in [5.74, 6) is 1.06. The Balaban J connectivity index is 1.63. The second-order valence-electron chi connectivity index (χ2n) is 5.04. The molecule has 0 unspecified atom stereocenters. The van der Waals surface area contributed by atoms with E-state index in [0.29, 0.717) is 12.6 Å². The molecular weight excluding hydrogens is 240 g/mol. The normalized spacial score (nSPS) is 17.9. The molecule has 0 saturated carbocycles. The number of rotatable bonds is 3. The Morgan fingerprint density at radius 2 is 2.37 bits per heavy atom. The van der Waals surface area contributed by atoms with Gasteiger partial charge in [-0.15, -0.1) is 5.10 Å². The predicted octanol–water partition coefficient (Wildman–Crippen LogP) is 1.22. The van der Waals surface area contributed by atoms with E-state index < -0.39 is 0 Å². The monoisotopic (exact) mass is 258 g/mol. The lowest BCUT2D eigenvalue weighted by Crippen LogP contribution is -2.39. The first-order valence-electron chi connectivity index (χ1n) is 6.52. The molecule has 1 aliphatic heterocycles. The van der Waals surface area contributed by atoms with Gasteiger partial charge in [0.15, 0.2) is 0 Å². The summed E-state index contributed by atoms with van der Waals surface area (Å²) in [5, 5.41) is 11.5. The molecule has 0 aliphatic carbocycles. The van der Waals surface area contributed by atoms with Crippen LogP contribution in [0, 0.1) is 6.92 Å². The van der Waals surface area contributed by atoms with E-state index in [4.69, 9.17) is 4.74 Å². The number of hydrogen-bond acceptors (Lipinski definition) is 4. The minimum atomic E-state index is 0.330. The SMILES string of the molecule is Cc1cccc2c1OC[C@@H](NCc1cn(C)nn1)C2. The Labute approximate surface area is 112 Å². The molecule has 5 nitrogen and oxygen atoms in total. The highest BCUT2D eigenvalue weighted by Gasteiger charge is 2.20. The van der Waals surface area contributed by atoms with E-state index in [1.54, 1.807) is 4.68 Å². The number of aryl methyl sites for hydroxylation is 2. The maximum absolute atomic E-state index is 5.86. The molecule has 1 aliphatic rings. The molecule has 19 heavy (non-hydrogen) atoms. The highest BCUT2D eigenvalue weighted by atomic mass is 16.5. The summed E-state index contributed by atoms with van der Waals surface area (Å²) < 4.78 is 7.57. The molecule has 0 amide bonds. The number of para-hydroxylation sites is 1. The zero-order valence-corrected chi connectivity index (χ0v) is 11.3. The van der Waals surface area contributed by atoms with Crippen molar-refractivity contribution in [2.24, 2.45) is 7.05 Å². The fourth-order valence-corrected chi connectivity index (χ4v) is 2.45. The van der Waals surface area contributed by atoms with E-state index in [2.05, 4.69) is 40.8 Å². The Kier molecular flexibility index (Phi) is 3.21. The third kappa shape index (κ3) is 2.61. The van der Waals surface area contributed by atoms with Crippen LogP contribution in [0.3, 0.4) is 0 Å². The van der Waals surface area contributed by atoms with E-state index in [9.17, 15) is 0 Å². The van der Waals surface area contributed by atoms with Gasteiger partial charge in [-0.1, -0.05) is 23.4 Å². The fraction of sp³-hybridized carbons (Fsp3) is 0.429. The van der Waals surface area contributed by atoms with Crippen LogP contribution < -0.4 is 10.1 Å². The Bertz CT molecular complexity index is 579. The van der Waals surface area contributed by atoms with Gasteiger partial charge >= 0.3 is 0 Å². The molecule has 1 N–H and O–H groups in total. The van der Waals surface area contributed by atoms with Gasteiger partial charge in [-0.05, 0) is 24.5 Å². The first kappa shape index (κ1) is 12.2. The van der Waals surface area contributed by atoms with Gasteiger partial charge < -0.3 is 10.1 Å². The van der Waals surface area contributed by atoms with Crippen LogP contribution in [-0.2, 0) is 20.0 Å². The van der Waals surface area contributed by atoms with Crippen LogP contribution in [-0.4, -0.2) is 27.6 Å². The van der Waals surface area contributed by atoms with Gasteiger partial charge in [0, 0.05) is 25.8 Å². The zero-order valence-electron chi connectivity index (χ0n) is 11.3. The lowest BCUT2D eigenvalue weighted by Gasteiger charge is -2.27. The maximum Gasteiger partial charge on any atom is 0.125 e. The summed E-state index contributed by atoms with van der Waals surface area (Å²) in [4.78, 5) is 0. The van der Waals surface area contributed by atoms with E-state index >= 15 is 0 Å². The summed E-state index contributed by atoms with van der Waals surface area (Å²) in [6, 6.07) is 6.64. The second kappa shape index (κ2) is 5.01. The van der Waals surface area contributed by atoms with Crippen molar-refractivity contribution in [2.75, 3.05) is 6.61 Å². The molecule has 3 rings (SSSR count). The summed E-state index contributed by atoms with van der Waals surface area (Å²) in [6.45, 7) is 3.52. The standard InChI is InChI=1S/C14H18N4O/c1-10-4-3-5-11-6-12(9-19-14(10)11)15-7-13-8-18(2)17-16-13/h3-5,8,12,15H,6-7,9H2,1-2H3/t12-/m0/s1. The van der Waals surface area contributed by atoms with Gasteiger partial charge in [0.05, 0.1) is 5.69 Å². The minimum Gasteiger partial charge on any atom is -0.491 e. The number of ether oxygens (including phenoxy) is 1. The number of hydrogen-bond donors (Lipinski definition) is 1. The van der Waals surface area contributed by atoms with E-state index in [1.165, 1.54) is 11.1 Å². The number of aromatic nitrogens is 3. The third-order valence-corrected chi connectivity index (χ3v) is 3.41. The minimum absolute atomic E-state index is 0.330. The lowest BCUT2D eigenvalue weighted by molar-refractivity contribution is 0.236. The molecule has 2 heterocycles. The van der Waals surface area contributed by atoms with Crippen LogP contribution in [0.1, 0.15) is 16.8 Å². The Morgan fingerprint density at radius 3 is 3.16 bits per heavy atom. The van der Waals surface area contributed by atoms with Crippen molar-refractivity contribution in [2.45, 2.75) is 25.9 Å². The van der Waals surface area contributed by atoms with Crippen molar-refractivity contribution < 1.29 is 4.74 Å². The van der Waals surface area contributed by atoms with E-state index in [1.807, 2.05) is 13.2 Å². The van der Waals surface area contributed by atoms with Gasteiger partial charge in [0.1, 0.15) is 12.4 Å². The van der Waals surface area contributed by atoms with Gasteiger partial charge in [0.2, 0.25) is 0 Å². The highest BCUT2D eigenvalue weighted by molar-refractivity contribution is 5.42. The molecule has 2 aromatic rings. The van der Waals surface area contributed by atoms with Gasteiger partial charge in [-0.3, -0.25) is 4.68 Å². The van der Waals surface area contributed by atoms with Crippen molar-refractivity contribution in [3.63, 3.8) is 0 Å². The summed E-state index contributed by atoms with van der Waals surface area (Å²) >= 11 is 0. The largest absolute Gasteiger partial charge is 0.491 e. The Morgan fingerprint density at radius 1 is 1.47 bits per heavy atom.